The summed E-state index contributed by atoms with van der Waals surface area (Å²) in [5.41, 5.74) is 1.77. The lowest BCUT2D eigenvalue weighted by atomic mass is 10.1. The second-order valence-corrected chi connectivity index (χ2v) is 7.72. The molecule has 1 aliphatic heterocycles. The number of carbonyl (C=O) groups excluding carboxylic acids is 1. The summed E-state index contributed by atoms with van der Waals surface area (Å²) in [6.45, 7) is 2.25. The van der Waals surface area contributed by atoms with Gasteiger partial charge in [0.25, 0.3) is 10.0 Å². The standard InChI is InChI=1S/C19H16N2O6S/c1-2-25-19(22)12-4-3-5-14(8-12)21-28(23,24)15-6-7-17-16(9-15)18-13(11-26-17)10-20-27-18/h3-10,21H,2,11H2,1H3. The van der Waals surface area contributed by atoms with Crippen molar-refractivity contribution in [2.45, 2.75) is 18.4 Å². The molecule has 9 heteroatoms. The number of carbonyl (C=O) groups is 1. The van der Waals surface area contributed by atoms with Crippen LogP contribution in [0.2, 0.25) is 0 Å². The maximum atomic E-state index is 12.8. The maximum absolute atomic E-state index is 12.8. The summed E-state index contributed by atoms with van der Waals surface area (Å²) in [7, 11) is -3.91. The zero-order valence-corrected chi connectivity index (χ0v) is 15.7. The van der Waals surface area contributed by atoms with Gasteiger partial charge in [-0.3, -0.25) is 4.72 Å². The third-order valence-electron chi connectivity index (χ3n) is 4.16. The maximum Gasteiger partial charge on any atom is 0.338 e. The van der Waals surface area contributed by atoms with Crippen molar-refractivity contribution in [2.75, 3.05) is 11.3 Å². The number of nitrogens with zero attached hydrogens (tertiary/aromatic N) is 1. The minimum atomic E-state index is -3.91. The molecule has 1 aliphatic rings. The van der Waals surface area contributed by atoms with Crippen LogP contribution >= 0.6 is 0 Å². The molecular formula is C19H16N2O6S. The van der Waals surface area contributed by atoms with Gasteiger partial charge in [-0.25, -0.2) is 13.2 Å². The molecule has 3 aromatic rings. The number of aromatic nitrogens is 1. The second kappa shape index (κ2) is 7.01. The smallest absolute Gasteiger partial charge is 0.338 e. The van der Waals surface area contributed by atoms with Crippen molar-refractivity contribution >= 4 is 21.7 Å². The number of anilines is 1. The first-order valence-electron chi connectivity index (χ1n) is 8.48. The van der Waals surface area contributed by atoms with Gasteiger partial charge in [0.2, 0.25) is 0 Å². The SMILES string of the molecule is CCOC(=O)c1cccc(NS(=O)(=O)c2ccc3c(c2)-c2oncc2CO3)c1. The van der Waals surface area contributed by atoms with E-state index in [0.29, 0.717) is 23.7 Å². The van der Waals surface area contributed by atoms with Gasteiger partial charge in [0.15, 0.2) is 5.76 Å². The number of rotatable bonds is 5. The average molecular weight is 400 g/mol. The van der Waals surface area contributed by atoms with Crippen LogP contribution in [0.25, 0.3) is 11.3 Å². The normalized spacial score (nSPS) is 12.5. The number of ether oxygens (including phenoxy) is 2. The summed E-state index contributed by atoms with van der Waals surface area (Å²) >= 11 is 0. The van der Waals surface area contributed by atoms with Crippen LogP contribution in [-0.4, -0.2) is 26.2 Å². The molecule has 0 bridgehead atoms. The summed E-state index contributed by atoms with van der Waals surface area (Å²) in [5, 5.41) is 3.74. The molecule has 1 N–H and O–H groups in total. The Morgan fingerprint density at radius 1 is 1.25 bits per heavy atom. The van der Waals surface area contributed by atoms with E-state index >= 15 is 0 Å². The first-order valence-corrected chi connectivity index (χ1v) is 9.97. The van der Waals surface area contributed by atoms with E-state index in [4.69, 9.17) is 14.0 Å². The Balaban J connectivity index is 1.65. The summed E-state index contributed by atoms with van der Waals surface area (Å²) in [6.07, 6.45) is 1.54. The van der Waals surface area contributed by atoms with E-state index < -0.39 is 16.0 Å². The molecule has 0 saturated carbocycles. The first-order chi connectivity index (χ1) is 13.5. The van der Waals surface area contributed by atoms with Crippen molar-refractivity contribution < 1.29 is 27.2 Å². The fourth-order valence-electron chi connectivity index (χ4n) is 2.86. The van der Waals surface area contributed by atoms with Crippen molar-refractivity contribution in [3.05, 3.63) is 59.8 Å². The number of esters is 1. The number of hydrogen-bond donors (Lipinski definition) is 1. The number of sulfonamides is 1. The van der Waals surface area contributed by atoms with Crippen molar-refractivity contribution in [1.82, 2.24) is 5.16 Å². The zero-order valence-electron chi connectivity index (χ0n) is 14.8. The van der Waals surface area contributed by atoms with Crippen molar-refractivity contribution in [3.8, 4) is 17.1 Å². The van der Waals surface area contributed by atoms with Gasteiger partial charge in [-0.1, -0.05) is 11.2 Å². The van der Waals surface area contributed by atoms with Crippen LogP contribution in [0.5, 0.6) is 5.75 Å². The molecule has 0 saturated heterocycles. The van der Waals surface area contributed by atoms with Crippen LogP contribution in [0.15, 0.2) is 58.1 Å². The Morgan fingerprint density at radius 3 is 2.93 bits per heavy atom. The highest BCUT2D eigenvalue weighted by Gasteiger charge is 2.25. The quantitative estimate of drug-likeness (QED) is 0.655. The van der Waals surface area contributed by atoms with Gasteiger partial charge in [-0.2, -0.15) is 0 Å². The molecule has 1 aromatic heterocycles. The number of fused-ring (bicyclic) bond motifs is 3. The van der Waals surface area contributed by atoms with Gasteiger partial charge in [0.1, 0.15) is 12.4 Å². The summed E-state index contributed by atoms with van der Waals surface area (Å²) in [5.74, 6) is 0.488. The summed E-state index contributed by atoms with van der Waals surface area (Å²) in [4.78, 5) is 11.9. The predicted molar refractivity (Wildman–Crippen MR) is 99.5 cm³/mol. The molecule has 28 heavy (non-hydrogen) atoms. The van der Waals surface area contributed by atoms with Crippen LogP contribution in [0.4, 0.5) is 5.69 Å². The molecule has 0 radical (unpaired) electrons. The number of nitrogens with one attached hydrogen (secondary N) is 1. The average Bonchev–Trinajstić information content (AvgIpc) is 3.17. The fourth-order valence-corrected chi connectivity index (χ4v) is 3.93. The molecule has 8 nitrogen and oxygen atoms in total. The van der Waals surface area contributed by atoms with E-state index in [2.05, 4.69) is 9.88 Å². The Kier molecular flexibility index (Phi) is 4.52. The first kappa shape index (κ1) is 18.1. The Morgan fingerprint density at radius 2 is 2.11 bits per heavy atom. The number of hydrogen-bond acceptors (Lipinski definition) is 7. The van der Waals surface area contributed by atoms with Gasteiger partial charge in [-0.15, -0.1) is 0 Å². The van der Waals surface area contributed by atoms with E-state index in [-0.39, 0.29) is 22.8 Å². The van der Waals surface area contributed by atoms with Crippen LogP contribution in [0.3, 0.4) is 0 Å². The van der Waals surface area contributed by atoms with Gasteiger partial charge in [-0.05, 0) is 43.3 Å². The van der Waals surface area contributed by atoms with E-state index in [9.17, 15) is 13.2 Å². The molecule has 0 amide bonds. The van der Waals surface area contributed by atoms with Gasteiger partial charge in [0.05, 0.1) is 34.4 Å². The minimum Gasteiger partial charge on any atom is -0.488 e. The highest BCUT2D eigenvalue weighted by Crippen LogP contribution is 2.38. The highest BCUT2D eigenvalue weighted by molar-refractivity contribution is 7.92. The molecule has 2 aromatic carbocycles. The van der Waals surface area contributed by atoms with Gasteiger partial charge < -0.3 is 14.0 Å². The molecule has 2 heterocycles. The monoisotopic (exact) mass is 400 g/mol. The molecule has 144 valence electrons. The topological polar surface area (TPSA) is 108 Å². The van der Waals surface area contributed by atoms with Crippen LogP contribution in [0, 0.1) is 0 Å². The molecule has 0 fully saturated rings. The van der Waals surface area contributed by atoms with Crippen molar-refractivity contribution in [3.63, 3.8) is 0 Å². The Bertz CT molecular complexity index is 1150. The molecule has 4 rings (SSSR count). The third kappa shape index (κ3) is 3.31. The van der Waals surface area contributed by atoms with Crippen LogP contribution in [-0.2, 0) is 21.4 Å². The summed E-state index contributed by atoms with van der Waals surface area (Å²) < 4.78 is 43.9. The van der Waals surface area contributed by atoms with E-state index in [1.807, 2.05) is 0 Å². The van der Waals surface area contributed by atoms with Crippen LogP contribution in [0.1, 0.15) is 22.8 Å². The Labute approximate surface area is 161 Å². The zero-order chi connectivity index (χ0) is 19.7. The molecule has 0 unspecified atom stereocenters. The molecule has 0 spiro atoms. The van der Waals surface area contributed by atoms with Crippen LogP contribution < -0.4 is 9.46 Å². The van der Waals surface area contributed by atoms with E-state index in [1.54, 1.807) is 37.4 Å². The van der Waals surface area contributed by atoms with Crippen molar-refractivity contribution in [1.29, 1.82) is 0 Å². The van der Waals surface area contributed by atoms with Gasteiger partial charge >= 0.3 is 5.97 Å². The third-order valence-corrected chi connectivity index (χ3v) is 5.54. The molecule has 0 aliphatic carbocycles. The lowest BCUT2D eigenvalue weighted by Gasteiger charge is -2.17. The lowest BCUT2D eigenvalue weighted by molar-refractivity contribution is 0.0526. The van der Waals surface area contributed by atoms with Crippen molar-refractivity contribution in [2.24, 2.45) is 0 Å². The lowest BCUT2D eigenvalue weighted by Crippen LogP contribution is -2.14. The molecular weight excluding hydrogens is 384 g/mol. The second-order valence-electron chi connectivity index (χ2n) is 6.03. The highest BCUT2D eigenvalue weighted by atomic mass is 32.2. The summed E-state index contributed by atoms with van der Waals surface area (Å²) in [6, 6.07) is 10.6. The molecule has 0 atom stereocenters. The van der Waals surface area contributed by atoms with E-state index in [0.717, 1.165) is 5.56 Å². The van der Waals surface area contributed by atoms with Gasteiger partial charge in [0, 0.05) is 5.69 Å². The Hall–Kier alpha value is -3.33. The fraction of sp³-hybridized carbons (Fsp3) is 0.158. The predicted octanol–water partition coefficient (Wildman–Crippen LogP) is 3.21. The minimum absolute atomic E-state index is 0.0284. The largest absolute Gasteiger partial charge is 0.488 e. The number of benzene rings is 2. The van der Waals surface area contributed by atoms with E-state index in [1.165, 1.54) is 18.2 Å².